The molecule has 0 atom stereocenters. The third-order valence-electron chi connectivity index (χ3n) is 9.78. The molecule has 4 aliphatic rings. The van der Waals surface area contributed by atoms with Crippen molar-refractivity contribution in [1.82, 2.24) is 19.4 Å². The van der Waals surface area contributed by atoms with Crippen LogP contribution in [-0.2, 0) is 21.1 Å². The fraction of sp³-hybridized carbons (Fsp3) is 0.200. The molecule has 53 heavy (non-hydrogen) atoms. The Morgan fingerprint density at radius 1 is 0.660 bits per heavy atom. The summed E-state index contributed by atoms with van der Waals surface area (Å²) in [6.07, 6.45) is 25.6. The zero-order valence-electron chi connectivity index (χ0n) is 30.6. The quantitative estimate of drug-likeness (QED) is 0.133. The van der Waals surface area contributed by atoms with Gasteiger partial charge in [-0.05, 0) is 47.2 Å². The van der Waals surface area contributed by atoms with Crippen molar-refractivity contribution in [3.8, 4) is 17.3 Å². The van der Waals surface area contributed by atoms with Crippen molar-refractivity contribution in [2.45, 2.75) is 41.5 Å². The normalized spacial score (nSPS) is 19.2. The number of rotatable bonds is 4. The Kier molecular flexibility index (Phi) is 8.27. The second-order valence-electron chi connectivity index (χ2n) is 15.6. The molecule has 0 fully saturated rings. The van der Waals surface area contributed by atoms with E-state index < -0.39 is 0 Å². The minimum atomic E-state index is -0.195. The van der Waals surface area contributed by atoms with Crippen molar-refractivity contribution < 1.29 is 30.4 Å². The van der Waals surface area contributed by atoms with Crippen LogP contribution in [0.5, 0.6) is 11.5 Å². The molecule has 2 aromatic heterocycles. The number of hydrogen-bond donors (Lipinski definition) is 0. The fourth-order valence-electron chi connectivity index (χ4n) is 7.13. The molecule has 7 nitrogen and oxygen atoms in total. The Balaban J connectivity index is 0.00000400. The number of ether oxygens (including phenoxy) is 1. The van der Waals surface area contributed by atoms with Gasteiger partial charge in [0.2, 0.25) is 0 Å². The van der Waals surface area contributed by atoms with E-state index in [9.17, 15) is 0 Å². The van der Waals surface area contributed by atoms with Crippen LogP contribution in [0.1, 0.15) is 41.5 Å². The van der Waals surface area contributed by atoms with Crippen LogP contribution in [0.2, 0.25) is 0 Å². The summed E-state index contributed by atoms with van der Waals surface area (Å²) in [5.74, 6) is 5.00. The monoisotopic (exact) mass is 875 g/mol. The van der Waals surface area contributed by atoms with Gasteiger partial charge in [-0.2, -0.15) is 18.2 Å². The smallest absolute Gasteiger partial charge is 0.198 e. The molecular weight excluding hydrogens is 836 g/mol. The van der Waals surface area contributed by atoms with Crippen molar-refractivity contribution in [3.63, 3.8) is 0 Å². The number of benzene rings is 3. The van der Waals surface area contributed by atoms with Crippen molar-refractivity contribution in [1.29, 1.82) is 0 Å². The van der Waals surface area contributed by atoms with E-state index in [0.29, 0.717) is 11.5 Å². The van der Waals surface area contributed by atoms with Gasteiger partial charge in [0.1, 0.15) is 11.6 Å². The number of aromatic nitrogens is 2. The zero-order chi connectivity index (χ0) is 35.8. The third-order valence-corrected chi connectivity index (χ3v) is 9.78. The standard InChI is InChI=1S/C45H40N6O.Pt/c1-43(2)19-23-47-31-50(42-30-45(5,6)21-25-49(42)41-29-44(3,4)20-24-48(41)40(47)28-43)32-12-11-13-33(26-32)52-34-17-18-36-35-14-7-8-15-37(35)51(38(36)27-34)39-16-9-10-22-46-39;/h7-25,28-30H,1-6H3;/q-2;. The second-order valence-corrected chi connectivity index (χ2v) is 15.6. The van der Waals surface area contributed by atoms with Gasteiger partial charge in [-0.15, -0.1) is 29.7 Å². The topological polar surface area (TPSA) is 39.8 Å². The molecule has 268 valence electrons. The van der Waals surface area contributed by atoms with Gasteiger partial charge in [0.05, 0.1) is 6.20 Å². The summed E-state index contributed by atoms with van der Waals surface area (Å²) >= 11 is 0. The number of anilines is 1. The van der Waals surface area contributed by atoms with E-state index >= 15 is 0 Å². The van der Waals surface area contributed by atoms with Crippen LogP contribution in [0.3, 0.4) is 0 Å². The molecule has 0 amide bonds. The summed E-state index contributed by atoms with van der Waals surface area (Å²) in [7, 11) is 0. The number of para-hydroxylation sites is 1. The van der Waals surface area contributed by atoms with E-state index in [1.54, 1.807) is 0 Å². The maximum absolute atomic E-state index is 6.57. The van der Waals surface area contributed by atoms with Crippen molar-refractivity contribution in [2.75, 3.05) is 4.90 Å². The van der Waals surface area contributed by atoms with Gasteiger partial charge < -0.3 is 18.8 Å². The molecule has 3 aromatic carbocycles. The summed E-state index contributed by atoms with van der Waals surface area (Å²) in [6, 6.07) is 31.5. The predicted molar refractivity (Wildman–Crippen MR) is 207 cm³/mol. The Morgan fingerprint density at radius 3 is 2.17 bits per heavy atom. The van der Waals surface area contributed by atoms with Gasteiger partial charge >= 0.3 is 0 Å². The summed E-state index contributed by atoms with van der Waals surface area (Å²) in [5, 5.41) is 2.22. The molecule has 0 aliphatic carbocycles. The number of allylic oxidation sites excluding steroid dienone is 6. The van der Waals surface area contributed by atoms with Gasteiger partial charge in [-0.1, -0.05) is 95.2 Å². The van der Waals surface area contributed by atoms with E-state index in [4.69, 9.17) is 4.74 Å². The van der Waals surface area contributed by atoms with Crippen molar-refractivity contribution >= 4 is 33.8 Å². The van der Waals surface area contributed by atoms with E-state index in [0.717, 1.165) is 50.8 Å². The molecule has 5 aromatic rings. The molecule has 0 unspecified atom stereocenters. The van der Waals surface area contributed by atoms with Gasteiger partial charge in [0.15, 0.2) is 18.0 Å². The molecular formula is C45H40N6OPt-2. The van der Waals surface area contributed by atoms with Gasteiger partial charge in [0.25, 0.3) is 0 Å². The van der Waals surface area contributed by atoms with Crippen LogP contribution in [0.25, 0.3) is 27.6 Å². The first kappa shape index (κ1) is 34.7. The maximum Gasteiger partial charge on any atom is 0.198 e. The minimum absolute atomic E-state index is 0. The average molecular weight is 876 g/mol. The van der Waals surface area contributed by atoms with E-state index in [2.05, 4.69) is 180 Å². The largest absolute Gasteiger partial charge is 0.510 e. The minimum Gasteiger partial charge on any atom is -0.510 e. The van der Waals surface area contributed by atoms with Crippen molar-refractivity contribution in [2.24, 2.45) is 16.2 Å². The van der Waals surface area contributed by atoms with Gasteiger partial charge in [0, 0.05) is 67.5 Å². The van der Waals surface area contributed by atoms with Crippen LogP contribution < -0.4 is 9.64 Å². The molecule has 8 heteroatoms. The van der Waals surface area contributed by atoms with Crippen LogP contribution >= 0.6 is 0 Å². The fourth-order valence-corrected chi connectivity index (χ4v) is 7.13. The molecule has 4 aliphatic heterocycles. The zero-order valence-corrected chi connectivity index (χ0v) is 32.9. The molecule has 9 rings (SSSR count). The third kappa shape index (κ3) is 6.27. The molecule has 0 saturated heterocycles. The van der Waals surface area contributed by atoms with Crippen molar-refractivity contribution in [3.05, 3.63) is 164 Å². The van der Waals surface area contributed by atoms with Gasteiger partial charge in [-0.3, -0.25) is 9.80 Å². The molecule has 0 radical (unpaired) electrons. The molecule has 0 spiro atoms. The van der Waals surface area contributed by atoms with Crippen LogP contribution in [0, 0.1) is 28.4 Å². The summed E-state index contributed by atoms with van der Waals surface area (Å²) in [5.41, 5.74) is 2.29. The Hall–Kier alpha value is -5.39. The van der Waals surface area contributed by atoms with Crippen LogP contribution in [-0.4, -0.2) is 30.3 Å². The first-order chi connectivity index (χ1) is 24.9. The summed E-state index contributed by atoms with van der Waals surface area (Å²) in [4.78, 5) is 11.3. The molecule has 0 saturated carbocycles. The number of pyridine rings is 1. The maximum atomic E-state index is 6.57. The first-order valence-electron chi connectivity index (χ1n) is 17.7. The number of fused-ring (bicyclic) bond motifs is 8. The van der Waals surface area contributed by atoms with E-state index in [1.807, 2.05) is 42.6 Å². The number of nitrogens with zero attached hydrogens (tertiary/aromatic N) is 6. The Labute approximate surface area is 325 Å². The summed E-state index contributed by atoms with van der Waals surface area (Å²) in [6.45, 7) is 13.3. The molecule has 0 bridgehead atoms. The number of hydrogen-bond acceptors (Lipinski definition) is 5. The molecule has 0 N–H and O–H groups in total. The van der Waals surface area contributed by atoms with E-state index in [-0.39, 0.29) is 37.3 Å². The Morgan fingerprint density at radius 2 is 1.38 bits per heavy atom. The van der Waals surface area contributed by atoms with Gasteiger partial charge in [-0.25, -0.2) is 4.98 Å². The Bertz CT molecular complexity index is 2490. The van der Waals surface area contributed by atoms with Crippen LogP contribution in [0.4, 0.5) is 5.69 Å². The van der Waals surface area contributed by atoms with E-state index in [1.165, 1.54) is 0 Å². The SMILES string of the molecule is CC1(C)C=CN2C(=C1)N1C=CC(C)(C)C=C1N(c1[c-]c(Oc3[c-]c4c(cc3)c3ccccc3n4-c3ccccn3)ccc1)[C-]=[N+]1C=CC(C)(C)C=C21.[Pt]. The second kappa shape index (κ2) is 12.6. The predicted octanol–water partition coefficient (Wildman–Crippen LogP) is 10.1. The average Bonchev–Trinajstić information content (AvgIpc) is 3.44. The van der Waals surface area contributed by atoms with Crippen LogP contribution in [0.15, 0.2) is 152 Å². The molecule has 6 heterocycles. The first-order valence-corrected chi connectivity index (χ1v) is 17.7. The summed E-state index contributed by atoms with van der Waals surface area (Å²) < 4.78 is 10.8.